The van der Waals surface area contributed by atoms with Crippen LogP contribution in [0, 0.1) is 0 Å². The van der Waals surface area contributed by atoms with E-state index >= 15 is 0 Å². The molecule has 0 aliphatic heterocycles. The minimum atomic E-state index is 1.01. The first-order chi connectivity index (χ1) is 8.78. The zero-order chi connectivity index (χ0) is 12.8. The Morgan fingerprint density at radius 2 is 1.94 bits per heavy atom. The summed E-state index contributed by atoms with van der Waals surface area (Å²) in [6.45, 7) is 2.22. The van der Waals surface area contributed by atoms with E-state index in [0.717, 1.165) is 11.3 Å². The Morgan fingerprint density at radius 3 is 2.56 bits per heavy atom. The molecule has 0 saturated heterocycles. The molecule has 0 aliphatic rings. The van der Waals surface area contributed by atoms with Gasteiger partial charge in [-0.15, -0.1) is 0 Å². The third-order valence-corrected chi connectivity index (χ3v) is 2.97. The Balaban J connectivity index is 1.99. The van der Waals surface area contributed by atoms with Crippen molar-refractivity contribution >= 4 is 11.9 Å². The second-order valence-electron chi connectivity index (χ2n) is 4.64. The van der Waals surface area contributed by atoms with Crippen LogP contribution in [0.1, 0.15) is 30.9 Å². The van der Waals surface area contributed by atoms with Crippen molar-refractivity contribution in [2.75, 3.05) is 0 Å². The van der Waals surface area contributed by atoms with Crippen molar-refractivity contribution in [1.82, 2.24) is 4.57 Å². The van der Waals surface area contributed by atoms with Crippen molar-refractivity contribution < 1.29 is 0 Å². The fourth-order valence-electron chi connectivity index (χ4n) is 1.88. The summed E-state index contributed by atoms with van der Waals surface area (Å²) in [6, 6.07) is 10.6. The first-order valence-corrected chi connectivity index (χ1v) is 6.53. The Kier molecular flexibility index (Phi) is 4.35. The highest BCUT2D eigenvalue weighted by molar-refractivity contribution is 5.81. The molecule has 94 valence electrons. The van der Waals surface area contributed by atoms with E-state index < -0.39 is 0 Å². The van der Waals surface area contributed by atoms with E-state index in [-0.39, 0.29) is 0 Å². The smallest absolute Gasteiger partial charge is 0.0630 e. The number of benzene rings is 1. The van der Waals surface area contributed by atoms with Crippen LogP contribution < -0.4 is 0 Å². The summed E-state index contributed by atoms with van der Waals surface area (Å²) >= 11 is 0. The molecule has 0 N–H and O–H groups in total. The summed E-state index contributed by atoms with van der Waals surface area (Å²) in [5, 5.41) is 0. The SMILES string of the molecule is CCCCc1ccc(N=Cc2ccn(C)c2)cc1. The molecule has 1 heterocycles. The number of nitrogens with zero attached hydrogens (tertiary/aromatic N) is 2. The van der Waals surface area contributed by atoms with Gasteiger partial charge in [-0.05, 0) is 36.6 Å². The molecule has 0 spiro atoms. The van der Waals surface area contributed by atoms with E-state index in [4.69, 9.17) is 0 Å². The van der Waals surface area contributed by atoms with Gasteiger partial charge in [-0.3, -0.25) is 4.99 Å². The van der Waals surface area contributed by atoms with Crippen LogP contribution >= 0.6 is 0 Å². The van der Waals surface area contributed by atoms with Gasteiger partial charge in [-0.25, -0.2) is 0 Å². The van der Waals surface area contributed by atoms with Gasteiger partial charge in [0.05, 0.1) is 5.69 Å². The molecule has 18 heavy (non-hydrogen) atoms. The van der Waals surface area contributed by atoms with Crippen molar-refractivity contribution in [2.45, 2.75) is 26.2 Å². The fourth-order valence-corrected chi connectivity index (χ4v) is 1.88. The molecule has 0 saturated carbocycles. The van der Waals surface area contributed by atoms with Crippen LogP contribution in [0.2, 0.25) is 0 Å². The number of aryl methyl sites for hydroxylation is 2. The molecule has 0 bridgehead atoms. The van der Waals surface area contributed by atoms with Crippen LogP contribution in [0.5, 0.6) is 0 Å². The van der Waals surface area contributed by atoms with Gasteiger partial charge < -0.3 is 4.57 Å². The van der Waals surface area contributed by atoms with Crippen molar-refractivity contribution in [2.24, 2.45) is 12.0 Å². The van der Waals surface area contributed by atoms with Gasteiger partial charge in [0.2, 0.25) is 0 Å². The summed E-state index contributed by atoms with van der Waals surface area (Å²) in [4.78, 5) is 4.47. The van der Waals surface area contributed by atoms with E-state index in [1.54, 1.807) is 0 Å². The van der Waals surface area contributed by atoms with Crippen molar-refractivity contribution in [3.8, 4) is 0 Å². The monoisotopic (exact) mass is 240 g/mol. The Bertz CT molecular complexity index is 506. The Labute approximate surface area is 109 Å². The summed E-state index contributed by atoms with van der Waals surface area (Å²) < 4.78 is 2.02. The van der Waals surface area contributed by atoms with E-state index in [1.165, 1.54) is 24.8 Å². The molecule has 0 fully saturated rings. The molecular formula is C16H20N2. The maximum absolute atomic E-state index is 4.47. The number of aromatic nitrogens is 1. The third kappa shape index (κ3) is 3.59. The highest BCUT2D eigenvalue weighted by Crippen LogP contribution is 2.14. The van der Waals surface area contributed by atoms with E-state index in [9.17, 15) is 0 Å². The van der Waals surface area contributed by atoms with Crippen LogP contribution in [0.3, 0.4) is 0 Å². The number of rotatable bonds is 5. The highest BCUT2D eigenvalue weighted by atomic mass is 14.9. The molecule has 2 aromatic rings. The second-order valence-corrected chi connectivity index (χ2v) is 4.64. The average Bonchev–Trinajstić information content (AvgIpc) is 2.81. The van der Waals surface area contributed by atoms with Crippen molar-refractivity contribution in [1.29, 1.82) is 0 Å². The Hall–Kier alpha value is -1.83. The topological polar surface area (TPSA) is 17.3 Å². The lowest BCUT2D eigenvalue weighted by Gasteiger charge is -1.99. The number of aliphatic imine (C=N–C) groups is 1. The van der Waals surface area contributed by atoms with Gasteiger partial charge >= 0.3 is 0 Å². The molecule has 2 rings (SSSR count). The molecule has 0 aliphatic carbocycles. The molecule has 2 heteroatoms. The zero-order valence-electron chi connectivity index (χ0n) is 11.1. The fraction of sp³-hybridized carbons (Fsp3) is 0.312. The van der Waals surface area contributed by atoms with Crippen LogP contribution in [0.15, 0.2) is 47.7 Å². The van der Waals surface area contributed by atoms with Gasteiger partial charge in [0.1, 0.15) is 0 Å². The lowest BCUT2D eigenvalue weighted by atomic mass is 10.1. The van der Waals surface area contributed by atoms with Gasteiger partial charge in [0.15, 0.2) is 0 Å². The van der Waals surface area contributed by atoms with Crippen molar-refractivity contribution in [3.05, 3.63) is 53.9 Å². The first kappa shape index (κ1) is 12.6. The van der Waals surface area contributed by atoms with Gasteiger partial charge in [-0.1, -0.05) is 25.5 Å². The third-order valence-electron chi connectivity index (χ3n) is 2.97. The van der Waals surface area contributed by atoms with Gasteiger partial charge in [0.25, 0.3) is 0 Å². The molecule has 1 aromatic heterocycles. The number of hydrogen-bond acceptors (Lipinski definition) is 1. The minimum Gasteiger partial charge on any atom is -0.357 e. The first-order valence-electron chi connectivity index (χ1n) is 6.53. The lowest BCUT2D eigenvalue weighted by Crippen LogP contribution is -1.83. The lowest BCUT2D eigenvalue weighted by molar-refractivity contribution is 0.795. The van der Waals surface area contributed by atoms with Crippen LogP contribution in [-0.2, 0) is 13.5 Å². The normalized spacial score (nSPS) is 11.2. The van der Waals surface area contributed by atoms with Crippen molar-refractivity contribution in [3.63, 3.8) is 0 Å². The second kappa shape index (κ2) is 6.20. The predicted molar refractivity (Wildman–Crippen MR) is 77.7 cm³/mol. The van der Waals surface area contributed by atoms with Gasteiger partial charge in [0, 0.05) is 31.2 Å². The summed E-state index contributed by atoms with van der Waals surface area (Å²) in [5.41, 5.74) is 3.54. The highest BCUT2D eigenvalue weighted by Gasteiger charge is 1.94. The zero-order valence-corrected chi connectivity index (χ0v) is 11.1. The molecule has 0 amide bonds. The summed E-state index contributed by atoms with van der Waals surface area (Å²) in [6.07, 6.45) is 9.65. The number of unbranched alkanes of at least 4 members (excludes halogenated alkanes) is 1. The standard InChI is InChI=1S/C16H20N2/c1-3-4-5-14-6-8-16(9-7-14)17-12-15-10-11-18(2)13-15/h6-13H,3-5H2,1-2H3. The van der Waals surface area contributed by atoms with Crippen LogP contribution in [0.4, 0.5) is 5.69 Å². The number of hydrogen-bond donors (Lipinski definition) is 0. The van der Waals surface area contributed by atoms with Crippen LogP contribution in [0.25, 0.3) is 0 Å². The molecule has 2 nitrogen and oxygen atoms in total. The van der Waals surface area contributed by atoms with Gasteiger partial charge in [-0.2, -0.15) is 0 Å². The molecule has 0 atom stereocenters. The maximum Gasteiger partial charge on any atom is 0.0630 e. The average molecular weight is 240 g/mol. The molecule has 0 unspecified atom stereocenters. The largest absolute Gasteiger partial charge is 0.357 e. The van der Waals surface area contributed by atoms with E-state index in [2.05, 4.69) is 48.4 Å². The predicted octanol–water partition coefficient (Wildman–Crippen LogP) is 4.12. The summed E-state index contributed by atoms with van der Waals surface area (Å²) in [7, 11) is 2.01. The minimum absolute atomic E-state index is 1.01. The van der Waals surface area contributed by atoms with E-state index in [0.29, 0.717) is 0 Å². The quantitative estimate of drug-likeness (QED) is 0.700. The molecule has 1 aromatic carbocycles. The van der Waals surface area contributed by atoms with Crippen LogP contribution in [-0.4, -0.2) is 10.8 Å². The van der Waals surface area contributed by atoms with E-state index in [1.807, 2.05) is 24.0 Å². The Morgan fingerprint density at radius 1 is 1.17 bits per heavy atom. The molecular weight excluding hydrogens is 220 g/mol. The summed E-state index contributed by atoms with van der Waals surface area (Å²) in [5.74, 6) is 0. The molecule has 0 radical (unpaired) electrons. The maximum atomic E-state index is 4.47.